The van der Waals surface area contributed by atoms with Crippen LogP contribution in [0.5, 0.6) is 0 Å². The third-order valence-corrected chi connectivity index (χ3v) is 4.82. The lowest BCUT2D eigenvalue weighted by molar-refractivity contribution is 0.0488. The number of carbonyl (C=O) groups is 1. The molecule has 0 fully saturated rings. The van der Waals surface area contributed by atoms with Gasteiger partial charge in [-0.2, -0.15) is 5.10 Å². The lowest BCUT2D eigenvalue weighted by Crippen LogP contribution is -2.20. The van der Waals surface area contributed by atoms with Gasteiger partial charge in [-0.15, -0.1) is 0 Å². The molecule has 0 bridgehead atoms. The van der Waals surface area contributed by atoms with Crippen LogP contribution in [0.3, 0.4) is 0 Å². The van der Waals surface area contributed by atoms with Crippen LogP contribution in [0.2, 0.25) is 0 Å². The second-order valence-electron chi connectivity index (χ2n) is 6.68. The fraction of sp³-hybridized carbons (Fsp3) is 0.350. The maximum absolute atomic E-state index is 12.9. The van der Waals surface area contributed by atoms with Crippen LogP contribution in [0.1, 0.15) is 35.0 Å². The lowest BCUT2D eigenvalue weighted by Gasteiger charge is -2.24. The minimum absolute atomic E-state index is 0.254. The van der Waals surface area contributed by atoms with Gasteiger partial charge in [0.1, 0.15) is 6.61 Å². The molecular weight excluding hydrogens is 314 g/mol. The number of fused-ring (bicyclic) bond motifs is 2. The SMILES string of the molecule is CC1CCc2nc3ccccc3c(C(=O)OCCn3cccn3)c2C1. The van der Waals surface area contributed by atoms with Crippen LogP contribution in [0.25, 0.3) is 10.9 Å². The van der Waals surface area contributed by atoms with E-state index in [0.717, 1.165) is 41.4 Å². The van der Waals surface area contributed by atoms with E-state index in [4.69, 9.17) is 9.72 Å². The molecule has 0 radical (unpaired) electrons. The summed E-state index contributed by atoms with van der Waals surface area (Å²) in [4.78, 5) is 17.7. The number of pyridine rings is 1. The first kappa shape index (κ1) is 15.8. The van der Waals surface area contributed by atoms with E-state index in [2.05, 4.69) is 12.0 Å². The first-order valence-corrected chi connectivity index (χ1v) is 8.77. The monoisotopic (exact) mass is 335 g/mol. The van der Waals surface area contributed by atoms with Crippen molar-refractivity contribution in [3.8, 4) is 0 Å². The molecule has 1 atom stereocenters. The Morgan fingerprint density at radius 3 is 3.04 bits per heavy atom. The molecule has 5 heteroatoms. The molecular formula is C20H21N3O2. The van der Waals surface area contributed by atoms with E-state index in [9.17, 15) is 4.79 Å². The zero-order valence-corrected chi connectivity index (χ0v) is 14.3. The third kappa shape index (κ3) is 3.14. The van der Waals surface area contributed by atoms with Crippen molar-refractivity contribution in [1.29, 1.82) is 0 Å². The number of esters is 1. The topological polar surface area (TPSA) is 57.0 Å². The van der Waals surface area contributed by atoms with E-state index in [1.165, 1.54) is 0 Å². The van der Waals surface area contributed by atoms with Crippen molar-refractivity contribution in [2.45, 2.75) is 32.7 Å². The van der Waals surface area contributed by atoms with Gasteiger partial charge in [0.2, 0.25) is 0 Å². The van der Waals surface area contributed by atoms with Gasteiger partial charge in [0.25, 0.3) is 0 Å². The quantitative estimate of drug-likeness (QED) is 0.686. The Labute approximate surface area is 146 Å². The van der Waals surface area contributed by atoms with Crippen molar-refractivity contribution < 1.29 is 9.53 Å². The number of hydrogen-bond acceptors (Lipinski definition) is 4. The Hall–Kier alpha value is -2.69. The minimum Gasteiger partial charge on any atom is -0.460 e. The average Bonchev–Trinajstić information content (AvgIpc) is 3.13. The third-order valence-electron chi connectivity index (χ3n) is 4.82. The van der Waals surface area contributed by atoms with Gasteiger partial charge in [-0.3, -0.25) is 9.67 Å². The molecule has 2 aromatic heterocycles. The maximum Gasteiger partial charge on any atom is 0.339 e. The summed E-state index contributed by atoms with van der Waals surface area (Å²) in [7, 11) is 0. The first-order chi connectivity index (χ1) is 12.2. The van der Waals surface area contributed by atoms with Crippen LogP contribution in [0, 0.1) is 5.92 Å². The Morgan fingerprint density at radius 1 is 1.32 bits per heavy atom. The van der Waals surface area contributed by atoms with Gasteiger partial charge in [-0.1, -0.05) is 25.1 Å². The number of para-hydroxylation sites is 1. The molecule has 1 aliphatic rings. The summed E-state index contributed by atoms with van der Waals surface area (Å²) in [6, 6.07) is 9.69. The van der Waals surface area contributed by atoms with Gasteiger partial charge in [0.15, 0.2) is 0 Å². The minimum atomic E-state index is -0.254. The zero-order valence-electron chi connectivity index (χ0n) is 14.3. The summed E-state index contributed by atoms with van der Waals surface area (Å²) in [6.45, 7) is 3.09. The molecule has 128 valence electrons. The highest BCUT2D eigenvalue weighted by atomic mass is 16.5. The van der Waals surface area contributed by atoms with E-state index in [-0.39, 0.29) is 5.97 Å². The summed E-state index contributed by atoms with van der Waals surface area (Å²) >= 11 is 0. The molecule has 3 aromatic rings. The molecule has 0 saturated heterocycles. The number of carbonyl (C=O) groups excluding carboxylic acids is 1. The summed E-state index contributed by atoms with van der Waals surface area (Å²) < 4.78 is 7.34. The molecule has 0 saturated carbocycles. The number of hydrogen-bond donors (Lipinski definition) is 0. The van der Waals surface area contributed by atoms with Crippen molar-refractivity contribution in [3.05, 3.63) is 59.5 Å². The van der Waals surface area contributed by atoms with Crippen LogP contribution < -0.4 is 0 Å². The largest absolute Gasteiger partial charge is 0.460 e. The number of nitrogens with zero attached hydrogens (tertiary/aromatic N) is 3. The molecule has 4 rings (SSSR count). The average molecular weight is 335 g/mol. The second kappa shape index (κ2) is 6.67. The zero-order chi connectivity index (χ0) is 17.2. The van der Waals surface area contributed by atoms with E-state index in [1.54, 1.807) is 10.9 Å². The van der Waals surface area contributed by atoms with Gasteiger partial charge in [-0.05, 0) is 42.9 Å². The van der Waals surface area contributed by atoms with Crippen LogP contribution in [-0.2, 0) is 24.1 Å². The fourth-order valence-electron chi connectivity index (χ4n) is 3.53. The predicted octanol–water partition coefficient (Wildman–Crippen LogP) is 3.41. The van der Waals surface area contributed by atoms with E-state index in [0.29, 0.717) is 24.6 Å². The molecule has 0 N–H and O–H groups in total. The van der Waals surface area contributed by atoms with Gasteiger partial charge in [0.05, 0.1) is 17.6 Å². The molecule has 1 unspecified atom stereocenters. The van der Waals surface area contributed by atoms with Gasteiger partial charge in [0, 0.05) is 23.5 Å². The Balaban J connectivity index is 1.66. The van der Waals surface area contributed by atoms with Crippen molar-refractivity contribution in [2.24, 2.45) is 5.92 Å². The van der Waals surface area contributed by atoms with Crippen LogP contribution >= 0.6 is 0 Å². The molecule has 0 amide bonds. The Kier molecular flexibility index (Phi) is 4.22. The Bertz CT molecular complexity index is 903. The molecule has 2 heterocycles. The lowest BCUT2D eigenvalue weighted by atomic mass is 9.84. The van der Waals surface area contributed by atoms with Crippen LogP contribution in [0.15, 0.2) is 42.7 Å². The summed E-state index contributed by atoms with van der Waals surface area (Å²) in [6.07, 6.45) is 6.51. The van der Waals surface area contributed by atoms with E-state index >= 15 is 0 Å². The number of aryl methyl sites for hydroxylation is 1. The first-order valence-electron chi connectivity index (χ1n) is 8.77. The van der Waals surface area contributed by atoms with Crippen molar-refractivity contribution in [3.63, 3.8) is 0 Å². The summed E-state index contributed by atoms with van der Waals surface area (Å²) in [5, 5.41) is 5.02. The van der Waals surface area contributed by atoms with Crippen LogP contribution in [0.4, 0.5) is 0 Å². The van der Waals surface area contributed by atoms with Gasteiger partial charge < -0.3 is 4.74 Å². The molecule has 0 aliphatic heterocycles. The van der Waals surface area contributed by atoms with Crippen molar-refractivity contribution in [1.82, 2.24) is 14.8 Å². The van der Waals surface area contributed by atoms with Crippen LogP contribution in [-0.4, -0.2) is 27.3 Å². The molecule has 0 spiro atoms. The molecule has 1 aliphatic carbocycles. The highest BCUT2D eigenvalue weighted by Gasteiger charge is 2.26. The Morgan fingerprint density at radius 2 is 2.20 bits per heavy atom. The van der Waals surface area contributed by atoms with Gasteiger partial charge >= 0.3 is 5.97 Å². The highest BCUT2D eigenvalue weighted by molar-refractivity contribution is 6.05. The number of aromatic nitrogens is 3. The van der Waals surface area contributed by atoms with Gasteiger partial charge in [-0.25, -0.2) is 4.79 Å². The second-order valence-corrected chi connectivity index (χ2v) is 6.68. The standard InChI is InChI=1S/C20H21N3O2/c1-14-7-8-18-16(13-14)19(15-5-2-3-6-17(15)22-18)20(24)25-12-11-23-10-4-9-21-23/h2-6,9-10,14H,7-8,11-13H2,1H3. The van der Waals surface area contributed by atoms with E-state index < -0.39 is 0 Å². The van der Waals surface area contributed by atoms with Crippen molar-refractivity contribution >= 4 is 16.9 Å². The highest BCUT2D eigenvalue weighted by Crippen LogP contribution is 2.31. The molecule has 1 aromatic carbocycles. The smallest absolute Gasteiger partial charge is 0.339 e. The summed E-state index contributed by atoms with van der Waals surface area (Å²) in [5.41, 5.74) is 3.69. The summed E-state index contributed by atoms with van der Waals surface area (Å²) in [5.74, 6) is 0.308. The number of benzene rings is 1. The predicted molar refractivity (Wildman–Crippen MR) is 95.4 cm³/mol. The maximum atomic E-state index is 12.9. The van der Waals surface area contributed by atoms with E-state index in [1.807, 2.05) is 36.5 Å². The number of rotatable bonds is 4. The molecule has 5 nitrogen and oxygen atoms in total. The number of ether oxygens (including phenoxy) is 1. The molecule has 25 heavy (non-hydrogen) atoms. The fourth-order valence-corrected chi connectivity index (χ4v) is 3.53. The van der Waals surface area contributed by atoms with Crippen molar-refractivity contribution in [2.75, 3.05) is 6.61 Å². The normalized spacial score (nSPS) is 16.6.